The molecular formula is C19H25N3O4. The monoisotopic (exact) mass is 359 g/mol. The van der Waals surface area contributed by atoms with Crippen molar-refractivity contribution in [3.63, 3.8) is 0 Å². The molecule has 0 spiro atoms. The molecule has 0 aliphatic carbocycles. The Balaban J connectivity index is 1.75. The Morgan fingerprint density at radius 1 is 1.15 bits per heavy atom. The maximum absolute atomic E-state index is 12.1. The Hall–Kier alpha value is -2.96. The van der Waals surface area contributed by atoms with Crippen LogP contribution in [-0.2, 0) is 6.54 Å². The van der Waals surface area contributed by atoms with Crippen LogP contribution in [0.4, 0.5) is 4.79 Å². The third-order valence-electron chi connectivity index (χ3n) is 3.76. The number of carbonyl (C=O) groups is 2. The van der Waals surface area contributed by atoms with Crippen LogP contribution in [0.1, 0.15) is 27.4 Å². The van der Waals surface area contributed by atoms with Crippen LogP contribution >= 0.6 is 0 Å². The topological polar surface area (TPSA) is 83.8 Å². The highest BCUT2D eigenvalue weighted by molar-refractivity contribution is 5.91. The maximum atomic E-state index is 12.1. The zero-order chi connectivity index (χ0) is 19.1. The van der Waals surface area contributed by atoms with E-state index in [0.29, 0.717) is 18.9 Å². The Morgan fingerprint density at radius 2 is 1.85 bits per heavy atom. The van der Waals surface area contributed by atoms with Gasteiger partial charge in [0.15, 0.2) is 5.76 Å². The van der Waals surface area contributed by atoms with Crippen LogP contribution in [0.3, 0.4) is 0 Å². The van der Waals surface area contributed by atoms with Crippen LogP contribution in [0.15, 0.2) is 34.7 Å². The fraction of sp³-hybridized carbons (Fsp3) is 0.368. The number of carbonyl (C=O) groups excluding carboxylic acids is 2. The van der Waals surface area contributed by atoms with E-state index in [9.17, 15) is 9.59 Å². The average Bonchev–Trinajstić information content (AvgIpc) is 3.07. The third kappa shape index (κ3) is 5.54. The molecule has 7 nitrogen and oxygen atoms in total. The van der Waals surface area contributed by atoms with E-state index in [1.807, 2.05) is 26.0 Å². The van der Waals surface area contributed by atoms with Gasteiger partial charge < -0.3 is 24.7 Å². The lowest BCUT2D eigenvalue weighted by molar-refractivity contribution is 0.0933. The summed E-state index contributed by atoms with van der Waals surface area (Å²) >= 11 is 0. The molecule has 2 rings (SSSR count). The molecule has 0 atom stereocenters. The summed E-state index contributed by atoms with van der Waals surface area (Å²) in [4.78, 5) is 25.1. The average molecular weight is 359 g/mol. The molecule has 1 aromatic carbocycles. The molecular weight excluding hydrogens is 334 g/mol. The van der Waals surface area contributed by atoms with Crippen LogP contribution in [0.5, 0.6) is 5.75 Å². The van der Waals surface area contributed by atoms with Gasteiger partial charge in [-0.15, -0.1) is 0 Å². The van der Waals surface area contributed by atoms with Crippen molar-refractivity contribution in [3.8, 4) is 5.75 Å². The zero-order valence-electron chi connectivity index (χ0n) is 15.6. The smallest absolute Gasteiger partial charge is 0.317 e. The number of aryl methyl sites for hydroxylation is 2. The molecule has 0 radical (unpaired) electrons. The van der Waals surface area contributed by atoms with E-state index in [-0.39, 0.29) is 24.2 Å². The quantitative estimate of drug-likeness (QED) is 0.795. The number of benzene rings is 1. The van der Waals surface area contributed by atoms with Gasteiger partial charge in [-0.05, 0) is 49.2 Å². The molecule has 0 unspecified atom stereocenters. The van der Waals surface area contributed by atoms with Gasteiger partial charge in [0.25, 0.3) is 5.91 Å². The van der Waals surface area contributed by atoms with E-state index in [4.69, 9.17) is 9.15 Å². The first-order valence-electron chi connectivity index (χ1n) is 8.40. The summed E-state index contributed by atoms with van der Waals surface area (Å²) in [6.07, 6.45) is 0. The minimum atomic E-state index is -0.303. The van der Waals surface area contributed by atoms with E-state index in [2.05, 4.69) is 16.7 Å². The van der Waals surface area contributed by atoms with E-state index >= 15 is 0 Å². The van der Waals surface area contributed by atoms with E-state index in [1.165, 1.54) is 11.9 Å². The summed E-state index contributed by atoms with van der Waals surface area (Å²) in [5, 5.41) is 5.22. The van der Waals surface area contributed by atoms with E-state index in [0.717, 1.165) is 16.9 Å². The van der Waals surface area contributed by atoms with Gasteiger partial charge in [-0.3, -0.25) is 4.79 Å². The van der Waals surface area contributed by atoms with Gasteiger partial charge in [-0.25, -0.2) is 4.79 Å². The first-order valence-corrected chi connectivity index (χ1v) is 8.40. The summed E-state index contributed by atoms with van der Waals surface area (Å²) < 4.78 is 11.1. The number of rotatable bonds is 7. The molecule has 0 bridgehead atoms. The molecule has 2 aromatic rings. The number of nitrogens with zero attached hydrogens (tertiary/aromatic N) is 1. The van der Waals surface area contributed by atoms with E-state index < -0.39 is 0 Å². The largest absolute Gasteiger partial charge is 0.492 e. The fourth-order valence-electron chi connectivity index (χ4n) is 2.43. The molecule has 140 valence electrons. The highest BCUT2D eigenvalue weighted by atomic mass is 16.5. The number of amides is 3. The zero-order valence-corrected chi connectivity index (χ0v) is 15.6. The second-order valence-corrected chi connectivity index (χ2v) is 6.10. The summed E-state index contributed by atoms with van der Waals surface area (Å²) in [7, 11) is 3.22. The lowest BCUT2D eigenvalue weighted by Gasteiger charge is -2.18. The van der Waals surface area contributed by atoms with Gasteiger partial charge in [0.2, 0.25) is 0 Å². The normalized spacial score (nSPS) is 10.3. The second kappa shape index (κ2) is 8.94. The molecule has 0 fully saturated rings. The Labute approximate surface area is 153 Å². The first kappa shape index (κ1) is 19.4. The number of urea groups is 1. The van der Waals surface area contributed by atoms with Gasteiger partial charge in [0.05, 0.1) is 13.1 Å². The first-order chi connectivity index (χ1) is 12.4. The standard InChI is InChI=1S/C19H25N3O4/c1-13-9-14(2)11-16(10-13)25-8-7-22(4)19(24)21-12-15-5-6-17(26-15)18(23)20-3/h5-6,9-11H,7-8,12H2,1-4H3,(H,20,23)(H,21,24). The number of nitrogens with one attached hydrogen (secondary N) is 2. The van der Waals surface area contributed by atoms with Gasteiger partial charge in [0.1, 0.15) is 18.1 Å². The van der Waals surface area contributed by atoms with Crippen LogP contribution in [0.2, 0.25) is 0 Å². The van der Waals surface area contributed by atoms with E-state index in [1.54, 1.807) is 19.2 Å². The minimum Gasteiger partial charge on any atom is -0.492 e. The van der Waals surface area contributed by atoms with Crippen molar-refractivity contribution in [1.82, 2.24) is 15.5 Å². The lowest BCUT2D eigenvalue weighted by atomic mass is 10.1. The molecule has 3 amide bonds. The molecule has 1 heterocycles. The fourth-order valence-corrected chi connectivity index (χ4v) is 2.43. The molecule has 26 heavy (non-hydrogen) atoms. The Kier molecular flexibility index (Phi) is 6.66. The van der Waals surface area contributed by atoms with Crippen molar-refractivity contribution < 1.29 is 18.7 Å². The predicted octanol–water partition coefficient (Wildman–Crippen LogP) is 2.48. The van der Waals surface area contributed by atoms with Crippen LogP contribution in [-0.4, -0.2) is 44.1 Å². The molecule has 0 aliphatic heterocycles. The number of likely N-dealkylation sites (N-methyl/N-ethyl adjacent to an activating group) is 1. The number of furan rings is 1. The Bertz CT molecular complexity index is 750. The summed E-state index contributed by atoms with van der Waals surface area (Å²) in [5.41, 5.74) is 2.28. The molecule has 0 saturated carbocycles. The Morgan fingerprint density at radius 3 is 2.50 bits per heavy atom. The minimum absolute atomic E-state index is 0.206. The third-order valence-corrected chi connectivity index (χ3v) is 3.76. The number of ether oxygens (including phenoxy) is 1. The van der Waals surface area contributed by atoms with Gasteiger partial charge in [-0.2, -0.15) is 0 Å². The molecule has 0 saturated heterocycles. The molecule has 1 aromatic heterocycles. The van der Waals surface area contributed by atoms with Gasteiger partial charge in [-0.1, -0.05) is 6.07 Å². The predicted molar refractivity (Wildman–Crippen MR) is 98.4 cm³/mol. The maximum Gasteiger partial charge on any atom is 0.317 e. The molecule has 0 aliphatic rings. The molecule has 2 N–H and O–H groups in total. The van der Waals surface area contributed by atoms with Crippen LogP contribution < -0.4 is 15.4 Å². The van der Waals surface area contributed by atoms with Crippen LogP contribution in [0.25, 0.3) is 0 Å². The highest BCUT2D eigenvalue weighted by Gasteiger charge is 2.12. The van der Waals surface area contributed by atoms with Crippen LogP contribution in [0, 0.1) is 13.8 Å². The molecule has 7 heteroatoms. The summed E-state index contributed by atoms with van der Waals surface area (Å²) in [5.74, 6) is 1.22. The number of hydrogen-bond acceptors (Lipinski definition) is 4. The number of hydrogen-bond donors (Lipinski definition) is 2. The summed E-state index contributed by atoms with van der Waals surface area (Å²) in [6, 6.07) is 9.00. The van der Waals surface area contributed by atoms with Gasteiger partial charge in [0, 0.05) is 14.1 Å². The van der Waals surface area contributed by atoms with Gasteiger partial charge >= 0.3 is 6.03 Å². The van der Waals surface area contributed by atoms with Crippen molar-refractivity contribution in [3.05, 3.63) is 53.0 Å². The van der Waals surface area contributed by atoms with Crippen molar-refractivity contribution >= 4 is 11.9 Å². The van der Waals surface area contributed by atoms with Crippen molar-refractivity contribution in [2.45, 2.75) is 20.4 Å². The highest BCUT2D eigenvalue weighted by Crippen LogP contribution is 2.16. The SMILES string of the molecule is CNC(=O)c1ccc(CNC(=O)N(C)CCOc2cc(C)cc(C)c2)o1. The summed E-state index contributed by atoms with van der Waals surface area (Å²) in [6.45, 7) is 5.08. The second-order valence-electron chi connectivity index (χ2n) is 6.10. The lowest BCUT2D eigenvalue weighted by Crippen LogP contribution is -2.39. The van der Waals surface area contributed by atoms with Crippen molar-refractivity contribution in [2.24, 2.45) is 0 Å². The van der Waals surface area contributed by atoms with Crippen molar-refractivity contribution in [1.29, 1.82) is 0 Å². The van der Waals surface area contributed by atoms with Crippen molar-refractivity contribution in [2.75, 3.05) is 27.2 Å².